The van der Waals surface area contributed by atoms with E-state index in [4.69, 9.17) is 10.8 Å². The molecule has 0 aromatic heterocycles. The SMILES string of the molecule is CC(C)N(CCO)C(=O)[C@H](C)N. The fourth-order valence-corrected chi connectivity index (χ4v) is 0.992. The molecule has 0 heterocycles. The Morgan fingerprint density at radius 2 is 2.00 bits per heavy atom. The van der Waals surface area contributed by atoms with Gasteiger partial charge in [-0.3, -0.25) is 4.79 Å². The summed E-state index contributed by atoms with van der Waals surface area (Å²) < 4.78 is 0. The second-order valence-electron chi connectivity index (χ2n) is 3.14. The first-order chi connectivity index (χ1) is 5.50. The summed E-state index contributed by atoms with van der Waals surface area (Å²) in [6.07, 6.45) is 0. The van der Waals surface area contributed by atoms with Gasteiger partial charge in [0.05, 0.1) is 12.6 Å². The van der Waals surface area contributed by atoms with Gasteiger partial charge >= 0.3 is 0 Å². The van der Waals surface area contributed by atoms with Crippen LogP contribution in [0.2, 0.25) is 0 Å². The first kappa shape index (κ1) is 11.4. The van der Waals surface area contributed by atoms with Crippen LogP contribution < -0.4 is 5.73 Å². The number of carbonyl (C=O) groups excluding carboxylic acids is 1. The predicted molar refractivity (Wildman–Crippen MR) is 47.6 cm³/mol. The molecule has 4 heteroatoms. The van der Waals surface area contributed by atoms with E-state index in [0.717, 1.165) is 0 Å². The number of aliphatic hydroxyl groups excluding tert-OH is 1. The molecule has 0 radical (unpaired) electrons. The minimum absolute atomic E-state index is 0.0172. The van der Waals surface area contributed by atoms with Crippen LogP contribution in [0.15, 0.2) is 0 Å². The van der Waals surface area contributed by atoms with Crippen LogP contribution in [0.3, 0.4) is 0 Å². The summed E-state index contributed by atoms with van der Waals surface area (Å²) in [7, 11) is 0. The number of nitrogens with two attached hydrogens (primary N) is 1. The van der Waals surface area contributed by atoms with Gasteiger partial charge in [0, 0.05) is 12.6 Å². The smallest absolute Gasteiger partial charge is 0.239 e. The van der Waals surface area contributed by atoms with E-state index in [1.54, 1.807) is 11.8 Å². The van der Waals surface area contributed by atoms with Crippen molar-refractivity contribution in [1.29, 1.82) is 0 Å². The number of nitrogens with zero attached hydrogens (tertiary/aromatic N) is 1. The zero-order valence-electron chi connectivity index (χ0n) is 7.95. The second kappa shape index (κ2) is 5.11. The van der Waals surface area contributed by atoms with Crippen molar-refractivity contribution in [2.24, 2.45) is 5.73 Å². The number of amides is 1. The molecule has 0 spiro atoms. The molecule has 0 aliphatic heterocycles. The Morgan fingerprint density at radius 3 is 2.25 bits per heavy atom. The minimum Gasteiger partial charge on any atom is -0.395 e. The van der Waals surface area contributed by atoms with Crippen molar-refractivity contribution in [3.8, 4) is 0 Å². The summed E-state index contributed by atoms with van der Waals surface area (Å²) in [5.41, 5.74) is 5.43. The standard InChI is InChI=1S/C8H18N2O2/c1-6(2)10(4-5-11)8(12)7(3)9/h6-7,11H,4-5,9H2,1-3H3/t7-/m0/s1. The zero-order chi connectivity index (χ0) is 9.72. The Morgan fingerprint density at radius 1 is 1.50 bits per heavy atom. The van der Waals surface area contributed by atoms with Crippen LogP contribution in [0.25, 0.3) is 0 Å². The largest absolute Gasteiger partial charge is 0.395 e. The van der Waals surface area contributed by atoms with E-state index in [0.29, 0.717) is 6.54 Å². The number of rotatable bonds is 4. The summed E-state index contributed by atoms with van der Waals surface area (Å²) in [6.45, 7) is 5.79. The summed E-state index contributed by atoms with van der Waals surface area (Å²) in [6, 6.07) is -0.394. The lowest BCUT2D eigenvalue weighted by atomic mass is 10.2. The third-order valence-electron chi connectivity index (χ3n) is 1.64. The molecule has 4 nitrogen and oxygen atoms in total. The van der Waals surface area contributed by atoms with Gasteiger partial charge in [0.15, 0.2) is 0 Å². The predicted octanol–water partition coefficient (Wildman–Crippen LogP) is -0.437. The second-order valence-corrected chi connectivity index (χ2v) is 3.14. The molecule has 12 heavy (non-hydrogen) atoms. The van der Waals surface area contributed by atoms with Gasteiger partial charge in [-0.15, -0.1) is 0 Å². The molecule has 3 N–H and O–H groups in total. The van der Waals surface area contributed by atoms with Crippen molar-refractivity contribution in [2.45, 2.75) is 32.9 Å². The van der Waals surface area contributed by atoms with E-state index >= 15 is 0 Å². The Kier molecular flexibility index (Phi) is 4.85. The maximum atomic E-state index is 11.4. The molecular formula is C8H18N2O2. The maximum absolute atomic E-state index is 11.4. The van der Waals surface area contributed by atoms with Gasteiger partial charge in [0.1, 0.15) is 0 Å². The molecule has 72 valence electrons. The summed E-state index contributed by atoms with van der Waals surface area (Å²) >= 11 is 0. The van der Waals surface area contributed by atoms with E-state index < -0.39 is 6.04 Å². The maximum Gasteiger partial charge on any atom is 0.239 e. The van der Waals surface area contributed by atoms with Gasteiger partial charge in [0.2, 0.25) is 5.91 Å². The normalized spacial score (nSPS) is 13.2. The Bertz CT molecular complexity index is 146. The third-order valence-corrected chi connectivity index (χ3v) is 1.64. The average Bonchev–Trinajstić information content (AvgIpc) is 1.98. The van der Waals surface area contributed by atoms with Crippen LogP contribution in [-0.4, -0.2) is 41.1 Å². The van der Waals surface area contributed by atoms with Crippen molar-refractivity contribution in [3.63, 3.8) is 0 Å². The zero-order valence-corrected chi connectivity index (χ0v) is 7.95. The third kappa shape index (κ3) is 3.19. The fourth-order valence-electron chi connectivity index (χ4n) is 0.992. The molecule has 0 aromatic carbocycles. The van der Waals surface area contributed by atoms with E-state index in [1.165, 1.54) is 0 Å². The number of carbonyl (C=O) groups is 1. The topological polar surface area (TPSA) is 66.6 Å². The highest BCUT2D eigenvalue weighted by Gasteiger charge is 2.18. The molecule has 0 rings (SSSR count). The van der Waals surface area contributed by atoms with Crippen LogP contribution >= 0.6 is 0 Å². The summed E-state index contributed by atoms with van der Waals surface area (Å²) in [4.78, 5) is 12.9. The van der Waals surface area contributed by atoms with E-state index in [9.17, 15) is 4.79 Å². The van der Waals surface area contributed by atoms with E-state index in [1.807, 2.05) is 13.8 Å². The van der Waals surface area contributed by atoms with Crippen LogP contribution in [0.4, 0.5) is 0 Å². The van der Waals surface area contributed by atoms with Crippen molar-refractivity contribution >= 4 is 5.91 Å². The first-order valence-corrected chi connectivity index (χ1v) is 4.17. The minimum atomic E-state index is -0.487. The van der Waals surface area contributed by atoms with Gasteiger partial charge < -0.3 is 15.7 Å². The van der Waals surface area contributed by atoms with Gasteiger partial charge in [-0.25, -0.2) is 0 Å². The van der Waals surface area contributed by atoms with Crippen molar-refractivity contribution < 1.29 is 9.90 Å². The number of hydrogen-bond acceptors (Lipinski definition) is 3. The van der Waals surface area contributed by atoms with E-state index in [-0.39, 0.29) is 18.6 Å². The van der Waals surface area contributed by atoms with E-state index in [2.05, 4.69) is 0 Å². The highest BCUT2D eigenvalue weighted by Crippen LogP contribution is 1.99. The molecule has 0 unspecified atom stereocenters. The molecule has 0 aromatic rings. The summed E-state index contributed by atoms with van der Waals surface area (Å²) in [5.74, 6) is -0.112. The molecule has 0 saturated heterocycles. The Balaban J connectivity index is 4.19. The van der Waals surface area contributed by atoms with Crippen LogP contribution in [0.1, 0.15) is 20.8 Å². The lowest BCUT2D eigenvalue weighted by Gasteiger charge is -2.27. The van der Waals surface area contributed by atoms with Gasteiger partial charge in [-0.05, 0) is 20.8 Å². The highest BCUT2D eigenvalue weighted by molar-refractivity contribution is 5.81. The lowest BCUT2D eigenvalue weighted by Crippen LogP contribution is -2.46. The monoisotopic (exact) mass is 174 g/mol. The average molecular weight is 174 g/mol. The summed E-state index contributed by atoms with van der Waals surface area (Å²) in [5, 5.41) is 8.68. The molecule has 0 aliphatic carbocycles. The van der Waals surface area contributed by atoms with Gasteiger partial charge in [0.25, 0.3) is 0 Å². The lowest BCUT2D eigenvalue weighted by molar-refractivity contribution is -0.134. The van der Waals surface area contributed by atoms with Crippen LogP contribution in [0, 0.1) is 0 Å². The molecule has 0 fully saturated rings. The molecule has 1 amide bonds. The fraction of sp³-hybridized carbons (Fsp3) is 0.875. The first-order valence-electron chi connectivity index (χ1n) is 4.17. The quantitative estimate of drug-likeness (QED) is 0.607. The van der Waals surface area contributed by atoms with Crippen molar-refractivity contribution in [2.75, 3.05) is 13.2 Å². The Labute approximate surface area is 73.3 Å². The number of hydrogen-bond donors (Lipinski definition) is 2. The van der Waals surface area contributed by atoms with Crippen molar-refractivity contribution in [3.05, 3.63) is 0 Å². The van der Waals surface area contributed by atoms with Gasteiger partial charge in [-0.2, -0.15) is 0 Å². The molecule has 0 bridgehead atoms. The molecular weight excluding hydrogens is 156 g/mol. The Hall–Kier alpha value is -0.610. The number of aliphatic hydroxyl groups is 1. The van der Waals surface area contributed by atoms with Gasteiger partial charge in [-0.1, -0.05) is 0 Å². The highest BCUT2D eigenvalue weighted by atomic mass is 16.3. The molecule has 0 saturated carbocycles. The van der Waals surface area contributed by atoms with Crippen LogP contribution in [0.5, 0.6) is 0 Å². The molecule has 0 aliphatic rings. The van der Waals surface area contributed by atoms with Crippen LogP contribution in [-0.2, 0) is 4.79 Å². The molecule has 1 atom stereocenters. The van der Waals surface area contributed by atoms with Crippen molar-refractivity contribution in [1.82, 2.24) is 4.90 Å².